The predicted octanol–water partition coefficient (Wildman–Crippen LogP) is 2.46. The van der Waals surface area contributed by atoms with Gasteiger partial charge < -0.3 is 10.2 Å². The summed E-state index contributed by atoms with van der Waals surface area (Å²) in [5, 5.41) is 4.37. The van der Waals surface area contributed by atoms with Crippen molar-refractivity contribution in [1.82, 2.24) is 15.1 Å². The molecule has 0 bridgehead atoms. The minimum absolute atomic E-state index is 0.194. The van der Waals surface area contributed by atoms with Crippen LogP contribution >= 0.6 is 11.6 Å². The number of halogens is 1. The van der Waals surface area contributed by atoms with Crippen molar-refractivity contribution in [2.75, 3.05) is 39.8 Å². The molecule has 0 atom stereocenters. The van der Waals surface area contributed by atoms with E-state index < -0.39 is 0 Å². The third kappa shape index (κ3) is 4.45. The molecule has 0 amide bonds. The van der Waals surface area contributed by atoms with Crippen molar-refractivity contribution in [3.63, 3.8) is 0 Å². The summed E-state index contributed by atoms with van der Waals surface area (Å²) >= 11 is 6.01. The molecule has 0 aromatic heterocycles. The second kappa shape index (κ2) is 6.90. The van der Waals surface area contributed by atoms with Gasteiger partial charge >= 0.3 is 0 Å². The normalized spacial score (nSPS) is 18.4. The standard InChI is InChI=1S/C16H26ClN3/c1-16(2,20-9-7-19(3)8-10-20)13-18-12-14-5-4-6-15(17)11-14/h4-6,11,18H,7-10,12-13H2,1-3H3. The lowest BCUT2D eigenvalue weighted by atomic mass is 10.0. The molecule has 0 radical (unpaired) electrons. The molecule has 0 saturated carbocycles. The van der Waals surface area contributed by atoms with Crippen LogP contribution < -0.4 is 5.32 Å². The van der Waals surface area contributed by atoms with Crippen LogP contribution in [-0.2, 0) is 6.54 Å². The Morgan fingerprint density at radius 1 is 1.20 bits per heavy atom. The Morgan fingerprint density at radius 3 is 2.55 bits per heavy atom. The number of benzene rings is 1. The lowest BCUT2D eigenvalue weighted by molar-refractivity contribution is 0.0618. The van der Waals surface area contributed by atoms with Crippen LogP contribution in [0.4, 0.5) is 0 Å². The van der Waals surface area contributed by atoms with E-state index in [9.17, 15) is 0 Å². The molecule has 20 heavy (non-hydrogen) atoms. The lowest BCUT2D eigenvalue weighted by Gasteiger charge is -2.43. The van der Waals surface area contributed by atoms with Gasteiger partial charge in [0.25, 0.3) is 0 Å². The maximum absolute atomic E-state index is 6.01. The fourth-order valence-electron chi connectivity index (χ4n) is 2.68. The van der Waals surface area contributed by atoms with Gasteiger partial charge in [-0.1, -0.05) is 23.7 Å². The fraction of sp³-hybridized carbons (Fsp3) is 0.625. The Balaban J connectivity index is 1.80. The molecule has 1 fully saturated rings. The quantitative estimate of drug-likeness (QED) is 0.900. The van der Waals surface area contributed by atoms with Crippen molar-refractivity contribution < 1.29 is 0 Å². The third-order valence-corrected chi connectivity index (χ3v) is 4.37. The highest BCUT2D eigenvalue weighted by molar-refractivity contribution is 6.30. The summed E-state index contributed by atoms with van der Waals surface area (Å²) in [7, 11) is 2.20. The Labute approximate surface area is 127 Å². The SMILES string of the molecule is CN1CCN(C(C)(C)CNCc2cccc(Cl)c2)CC1. The van der Waals surface area contributed by atoms with Crippen LogP contribution in [0.15, 0.2) is 24.3 Å². The first-order valence-corrected chi connectivity index (χ1v) is 7.74. The summed E-state index contributed by atoms with van der Waals surface area (Å²) in [6.07, 6.45) is 0. The first-order valence-electron chi connectivity index (χ1n) is 7.36. The van der Waals surface area contributed by atoms with E-state index in [2.05, 4.69) is 42.1 Å². The van der Waals surface area contributed by atoms with E-state index in [4.69, 9.17) is 11.6 Å². The molecular weight excluding hydrogens is 270 g/mol. The summed E-state index contributed by atoms with van der Waals surface area (Å²) in [6, 6.07) is 8.06. The Bertz CT molecular complexity index is 425. The molecule has 4 heteroatoms. The van der Waals surface area contributed by atoms with E-state index in [1.165, 1.54) is 5.56 Å². The number of nitrogens with one attached hydrogen (secondary N) is 1. The molecule has 112 valence electrons. The summed E-state index contributed by atoms with van der Waals surface area (Å²) in [6.45, 7) is 11.1. The van der Waals surface area contributed by atoms with E-state index in [0.29, 0.717) is 0 Å². The molecule has 2 rings (SSSR count). The van der Waals surface area contributed by atoms with Gasteiger partial charge in [-0.05, 0) is 38.6 Å². The monoisotopic (exact) mass is 295 g/mol. The number of hydrogen-bond acceptors (Lipinski definition) is 3. The molecule has 1 heterocycles. The van der Waals surface area contributed by atoms with Crippen molar-refractivity contribution in [1.29, 1.82) is 0 Å². The van der Waals surface area contributed by atoms with Crippen LogP contribution in [0, 0.1) is 0 Å². The van der Waals surface area contributed by atoms with Crippen LogP contribution in [0.25, 0.3) is 0 Å². The zero-order chi connectivity index (χ0) is 14.6. The first kappa shape index (κ1) is 15.8. The van der Waals surface area contributed by atoms with E-state index >= 15 is 0 Å². The molecule has 1 saturated heterocycles. The van der Waals surface area contributed by atoms with Gasteiger partial charge in [-0.3, -0.25) is 4.90 Å². The van der Waals surface area contributed by atoms with Gasteiger partial charge in [0.15, 0.2) is 0 Å². The van der Waals surface area contributed by atoms with Crippen LogP contribution in [0.3, 0.4) is 0 Å². The van der Waals surface area contributed by atoms with Crippen molar-refractivity contribution >= 4 is 11.6 Å². The second-order valence-electron chi connectivity index (χ2n) is 6.34. The highest BCUT2D eigenvalue weighted by atomic mass is 35.5. The molecule has 3 nitrogen and oxygen atoms in total. The van der Waals surface area contributed by atoms with Crippen LogP contribution in [0.5, 0.6) is 0 Å². The van der Waals surface area contributed by atoms with E-state index in [0.717, 1.165) is 44.3 Å². The Hall–Kier alpha value is -0.610. The highest BCUT2D eigenvalue weighted by Crippen LogP contribution is 2.16. The van der Waals surface area contributed by atoms with Crippen molar-refractivity contribution in [3.05, 3.63) is 34.9 Å². The molecule has 0 aliphatic carbocycles. The van der Waals surface area contributed by atoms with E-state index in [1.54, 1.807) is 0 Å². The van der Waals surface area contributed by atoms with Gasteiger partial charge in [0.2, 0.25) is 0 Å². The zero-order valence-electron chi connectivity index (χ0n) is 12.8. The predicted molar refractivity (Wildman–Crippen MR) is 86.3 cm³/mol. The van der Waals surface area contributed by atoms with Gasteiger partial charge in [0.05, 0.1) is 0 Å². The number of likely N-dealkylation sites (N-methyl/N-ethyl adjacent to an activating group) is 1. The van der Waals surface area contributed by atoms with Crippen LogP contribution in [-0.4, -0.2) is 55.1 Å². The van der Waals surface area contributed by atoms with Crippen LogP contribution in [0.1, 0.15) is 19.4 Å². The van der Waals surface area contributed by atoms with Gasteiger partial charge in [-0.2, -0.15) is 0 Å². The number of nitrogens with zero attached hydrogens (tertiary/aromatic N) is 2. The second-order valence-corrected chi connectivity index (χ2v) is 6.77. The molecule has 1 aromatic carbocycles. The summed E-state index contributed by atoms with van der Waals surface area (Å²) in [5.74, 6) is 0. The van der Waals surface area contributed by atoms with Gasteiger partial charge in [-0.15, -0.1) is 0 Å². The minimum Gasteiger partial charge on any atom is -0.311 e. The smallest absolute Gasteiger partial charge is 0.0409 e. The Morgan fingerprint density at radius 2 is 1.90 bits per heavy atom. The molecule has 1 aliphatic rings. The molecule has 1 aromatic rings. The molecule has 1 N–H and O–H groups in total. The molecule has 0 spiro atoms. The number of piperazine rings is 1. The number of hydrogen-bond donors (Lipinski definition) is 1. The van der Waals surface area contributed by atoms with Gasteiger partial charge in [0.1, 0.15) is 0 Å². The molecule has 1 aliphatic heterocycles. The molecular formula is C16H26ClN3. The van der Waals surface area contributed by atoms with Crippen LogP contribution in [0.2, 0.25) is 5.02 Å². The lowest BCUT2D eigenvalue weighted by Crippen LogP contribution is -2.57. The minimum atomic E-state index is 0.194. The fourth-order valence-corrected chi connectivity index (χ4v) is 2.90. The Kier molecular flexibility index (Phi) is 5.44. The average molecular weight is 296 g/mol. The molecule has 0 unspecified atom stereocenters. The first-order chi connectivity index (χ1) is 9.47. The summed E-state index contributed by atoms with van der Waals surface area (Å²) in [5.41, 5.74) is 1.44. The largest absolute Gasteiger partial charge is 0.311 e. The van der Waals surface area contributed by atoms with E-state index in [-0.39, 0.29) is 5.54 Å². The van der Waals surface area contributed by atoms with E-state index in [1.807, 2.05) is 18.2 Å². The third-order valence-electron chi connectivity index (χ3n) is 4.14. The summed E-state index contributed by atoms with van der Waals surface area (Å²) in [4.78, 5) is 4.98. The number of rotatable bonds is 5. The van der Waals surface area contributed by atoms with Crippen molar-refractivity contribution in [3.8, 4) is 0 Å². The highest BCUT2D eigenvalue weighted by Gasteiger charge is 2.28. The topological polar surface area (TPSA) is 18.5 Å². The van der Waals surface area contributed by atoms with Crippen molar-refractivity contribution in [2.45, 2.75) is 25.9 Å². The maximum atomic E-state index is 6.01. The maximum Gasteiger partial charge on any atom is 0.0409 e. The average Bonchev–Trinajstić information content (AvgIpc) is 2.39. The zero-order valence-corrected chi connectivity index (χ0v) is 13.6. The van der Waals surface area contributed by atoms with Crippen molar-refractivity contribution in [2.24, 2.45) is 0 Å². The van der Waals surface area contributed by atoms with Gasteiger partial charge in [0, 0.05) is 49.8 Å². The van der Waals surface area contributed by atoms with Gasteiger partial charge in [-0.25, -0.2) is 0 Å². The summed E-state index contributed by atoms with van der Waals surface area (Å²) < 4.78 is 0.